The summed E-state index contributed by atoms with van der Waals surface area (Å²) in [5, 5.41) is 9.86. The van der Waals surface area contributed by atoms with Gasteiger partial charge in [0.05, 0.1) is 6.10 Å². The van der Waals surface area contributed by atoms with Crippen molar-refractivity contribution in [2.75, 3.05) is 0 Å². The van der Waals surface area contributed by atoms with Crippen molar-refractivity contribution >= 4 is 0 Å². The van der Waals surface area contributed by atoms with Crippen LogP contribution in [0.1, 0.15) is 40.0 Å². The van der Waals surface area contributed by atoms with Gasteiger partial charge in [0.2, 0.25) is 0 Å². The second kappa shape index (κ2) is 6.05. The molecule has 0 heterocycles. The van der Waals surface area contributed by atoms with Gasteiger partial charge in [-0.1, -0.05) is 44.2 Å². The van der Waals surface area contributed by atoms with Crippen LogP contribution in [0.4, 0.5) is 0 Å². The van der Waals surface area contributed by atoms with Crippen LogP contribution in [0.3, 0.4) is 0 Å². The Labute approximate surface area is 99.6 Å². The SMILES string of the molecule is C=C1/C=C/[C@@H](C(C)C)C/C=C(/C)CC[C@H]1O. The molecule has 16 heavy (non-hydrogen) atoms. The third-order valence-corrected chi connectivity index (χ3v) is 3.39. The molecule has 1 N–H and O–H groups in total. The van der Waals surface area contributed by atoms with E-state index >= 15 is 0 Å². The summed E-state index contributed by atoms with van der Waals surface area (Å²) in [5.41, 5.74) is 2.23. The van der Waals surface area contributed by atoms with E-state index in [-0.39, 0.29) is 6.10 Å². The van der Waals surface area contributed by atoms with E-state index in [0.717, 1.165) is 24.8 Å². The first-order chi connectivity index (χ1) is 7.50. The number of aliphatic hydroxyl groups is 1. The Kier molecular flexibility index (Phi) is 5.01. The van der Waals surface area contributed by atoms with Crippen molar-refractivity contribution in [3.05, 3.63) is 36.0 Å². The zero-order valence-corrected chi connectivity index (χ0v) is 10.7. The largest absolute Gasteiger partial charge is 0.388 e. The summed E-state index contributed by atoms with van der Waals surface area (Å²) in [6.07, 6.45) is 9.00. The summed E-state index contributed by atoms with van der Waals surface area (Å²) in [5.74, 6) is 1.18. The molecule has 0 unspecified atom stereocenters. The Morgan fingerprint density at radius 3 is 2.75 bits per heavy atom. The van der Waals surface area contributed by atoms with Crippen molar-refractivity contribution in [2.24, 2.45) is 11.8 Å². The molecule has 0 aromatic carbocycles. The lowest BCUT2D eigenvalue weighted by molar-refractivity contribution is 0.204. The maximum absolute atomic E-state index is 9.86. The smallest absolute Gasteiger partial charge is 0.0787 e. The molecule has 0 aliphatic heterocycles. The van der Waals surface area contributed by atoms with Crippen LogP contribution in [-0.2, 0) is 0 Å². The van der Waals surface area contributed by atoms with E-state index in [9.17, 15) is 5.11 Å². The molecule has 1 rings (SSSR count). The lowest BCUT2D eigenvalue weighted by atomic mass is 9.88. The number of allylic oxidation sites excluding steroid dienone is 3. The fraction of sp³-hybridized carbons (Fsp3) is 0.600. The fourth-order valence-electron chi connectivity index (χ4n) is 1.92. The molecule has 0 aromatic rings. The fourth-order valence-corrected chi connectivity index (χ4v) is 1.92. The lowest BCUT2D eigenvalue weighted by Gasteiger charge is -2.18. The number of aliphatic hydroxyl groups excluding tert-OH is 1. The summed E-state index contributed by atoms with van der Waals surface area (Å²) in [6, 6.07) is 0. The number of hydrogen-bond acceptors (Lipinski definition) is 1. The van der Waals surface area contributed by atoms with Gasteiger partial charge >= 0.3 is 0 Å². The molecule has 0 amide bonds. The molecule has 0 saturated heterocycles. The molecular formula is C15H24O. The molecule has 0 saturated carbocycles. The zero-order chi connectivity index (χ0) is 12.1. The molecule has 90 valence electrons. The van der Waals surface area contributed by atoms with Gasteiger partial charge in [-0.3, -0.25) is 0 Å². The Balaban J connectivity index is 2.82. The van der Waals surface area contributed by atoms with Crippen LogP contribution in [0.25, 0.3) is 0 Å². The maximum atomic E-state index is 9.86. The van der Waals surface area contributed by atoms with Gasteiger partial charge in [-0.2, -0.15) is 0 Å². The quantitative estimate of drug-likeness (QED) is 0.665. The van der Waals surface area contributed by atoms with Crippen LogP contribution >= 0.6 is 0 Å². The first-order valence-corrected chi connectivity index (χ1v) is 6.21. The molecule has 0 bridgehead atoms. The van der Waals surface area contributed by atoms with Gasteiger partial charge in [-0.25, -0.2) is 0 Å². The van der Waals surface area contributed by atoms with E-state index in [2.05, 4.69) is 39.5 Å². The molecule has 1 heteroatoms. The van der Waals surface area contributed by atoms with Gasteiger partial charge in [-0.05, 0) is 43.6 Å². The van der Waals surface area contributed by atoms with Crippen molar-refractivity contribution in [1.82, 2.24) is 0 Å². The molecule has 0 radical (unpaired) electrons. The topological polar surface area (TPSA) is 20.2 Å². The van der Waals surface area contributed by atoms with E-state index in [0.29, 0.717) is 11.8 Å². The van der Waals surface area contributed by atoms with Crippen LogP contribution in [-0.4, -0.2) is 11.2 Å². The van der Waals surface area contributed by atoms with E-state index in [4.69, 9.17) is 0 Å². The van der Waals surface area contributed by atoms with Crippen molar-refractivity contribution in [2.45, 2.75) is 46.1 Å². The van der Waals surface area contributed by atoms with Crippen molar-refractivity contribution in [3.63, 3.8) is 0 Å². The normalized spacial score (nSPS) is 33.3. The van der Waals surface area contributed by atoms with Gasteiger partial charge < -0.3 is 5.11 Å². The molecule has 0 spiro atoms. The highest BCUT2D eigenvalue weighted by Crippen LogP contribution is 2.23. The molecule has 1 aliphatic rings. The second-order valence-corrected chi connectivity index (χ2v) is 5.18. The molecular weight excluding hydrogens is 196 g/mol. The predicted octanol–water partition coefficient (Wildman–Crippen LogP) is 3.86. The average Bonchev–Trinajstić information content (AvgIpc) is 2.23. The van der Waals surface area contributed by atoms with Gasteiger partial charge in [0.25, 0.3) is 0 Å². The standard InChI is InChI=1S/C15H24O/c1-11(2)14-8-5-12(3)6-10-15(16)13(4)7-9-14/h5,7,9,11,14-16H,4,6,8,10H2,1-3H3/b9-7+,12-5-/t14-,15+/m0/s1. The van der Waals surface area contributed by atoms with E-state index in [1.54, 1.807) is 0 Å². The summed E-state index contributed by atoms with van der Waals surface area (Å²) < 4.78 is 0. The minimum Gasteiger partial charge on any atom is -0.388 e. The van der Waals surface area contributed by atoms with E-state index in [1.807, 2.05) is 6.08 Å². The van der Waals surface area contributed by atoms with Gasteiger partial charge in [0, 0.05) is 0 Å². The predicted molar refractivity (Wildman–Crippen MR) is 70.2 cm³/mol. The van der Waals surface area contributed by atoms with Crippen molar-refractivity contribution in [3.8, 4) is 0 Å². The summed E-state index contributed by atoms with van der Waals surface area (Å²) >= 11 is 0. The van der Waals surface area contributed by atoms with Crippen LogP contribution < -0.4 is 0 Å². The van der Waals surface area contributed by atoms with Crippen molar-refractivity contribution in [1.29, 1.82) is 0 Å². The Hall–Kier alpha value is -0.820. The Bertz CT molecular complexity index is 297. The third kappa shape index (κ3) is 3.97. The summed E-state index contributed by atoms with van der Waals surface area (Å²) in [4.78, 5) is 0. The minimum atomic E-state index is -0.384. The number of rotatable bonds is 1. The Morgan fingerprint density at radius 2 is 2.12 bits per heavy atom. The minimum absolute atomic E-state index is 0.384. The van der Waals surface area contributed by atoms with Crippen LogP contribution in [0.2, 0.25) is 0 Å². The summed E-state index contributed by atoms with van der Waals surface area (Å²) in [6.45, 7) is 10.6. The van der Waals surface area contributed by atoms with Crippen LogP contribution in [0, 0.1) is 11.8 Å². The van der Waals surface area contributed by atoms with Gasteiger partial charge in [-0.15, -0.1) is 0 Å². The van der Waals surface area contributed by atoms with E-state index < -0.39 is 0 Å². The second-order valence-electron chi connectivity index (χ2n) is 5.18. The van der Waals surface area contributed by atoms with E-state index in [1.165, 1.54) is 5.57 Å². The average molecular weight is 220 g/mol. The molecule has 2 atom stereocenters. The highest BCUT2D eigenvalue weighted by atomic mass is 16.3. The summed E-state index contributed by atoms with van der Waals surface area (Å²) in [7, 11) is 0. The number of hydrogen-bond donors (Lipinski definition) is 1. The maximum Gasteiger partial charge on any atom is 0.0787 e. The highest BCUT2D eigenvalue weighted by Gasteiger charge is 2.12. The molecule has 0 fully saturated rings. The van der Waals surface area contributed by atoms with Crippen LogP contribution in [0.5, 0.6) is 0 Å². The van der Waals surface area contributed by atoms with Gasteiger partial charge in [0.1, 0.15) is 0 Å². The van der Waals surface area contributed by atoms with Gasteiger partial charge in [0.15, 0.2) is 0 Å². The Morgan fingerprint density at radius 1 is 1.44 bits per heavy atom. The molecule has 0 aromatic heterocycles. The van der Waals surface area contributed by atoms with Crippen molar-refractivity contribution < 1.29 is 5.11 Å². The third-order valence-electron chi connectivity index (χ3n) is 3.39. The van der Waals surface area contributed by atoms with Crippen LogP contribution in [0.15, 0.2) is 36.0 Å². The lowest BCUT2D eigenvalue weighted by Crippen LogP contribution is -2.11. The first-order valence-electron chi connectivity index (χ1n) is 6.21. The highest BCUT2D eigenvalue weighted by molar-refractivity contribution is 5.21. The zero-order valence-electron chi connectivity index (χ0n) is 10.7. The first kappa shape index (κ1) is 13.2. The monoisotopic (exact) mass is 220 g/mol. The molecule has 1 aliphatic carbocycles. The molecule has 1 nitrogen and oxygen atoms in total.